The zero-order valence-electron chi connectivity index (χ0n) is 21.2. The van der Waals surface area contributed by atoms with E-state index in [1.165, 1.54) is 21.5 Å². The van der Waals surface area contributed by atoms with Crippen LogP contribution >= 0.6 is 0 Å². The van der Waals surface area contributed by atoms with Crippen LogP contribution in [-0.4, -0.2) is 8.97 Å². The molecule has 9 aromatic rings. The molecule has 0 atom stereocenters. The Bertz CT molecular complexity index is 2600. The summed E-state index contributed by atoms with van der Waals surface area (Å²) in [5.41, 5.74) is 7.73. The molecule has 0 amide bonds. The van der Waals surface area contributed by atoms with E-state index in [1.807, 2.05) is 30.3 Å². The van der Waals surface area contributed by atoms with Crippen molar-refractivity contribution in [3.8, 4) is 17.8 Å². The zero-order chi connectivity index (χ0) is 26.5. The third-order valence-corrected chi connectivity index (χ3v) is 8.45. The van der Waals surface area contributed by atoms with Gasteiger partial charge in [-0.15, -0.1) is 0 Å². The first-order valence-electron chi connectivity index (χ1n) is 13.2. The van der Waals surface area contributed by atoms with E-state index in [2.05, 4.69) is 100.0 Å². The van der Waals surface area contributed by atoms with Gasteiger partial charge in [-0.05, 0) is 59.3 Å². The number of para-hydroxylation sites is 1. The first-order valence-corrected chi connectivity index (χ1v) is 13.2. The van der Waals surface area contributed by atoms with Crippen LogP contribution in [0, 0.1) is 22.7 Å². The molecule has 4 heteroatoms. The van der Waals surface area contributed by atoms with Gasteiger partial charge in [0.15, 0.2) is 0 Å². The highest BCUT2D eigenvalue weighted by Crippen LogP contribution is 2.47. The zero-order valence-corrected chi connectivity index (χ0v) is 21.2. The third-order valence-electron chi connectivity index (χ3n) is 8.45. The molecule has 6 aromatic carbocycles. The Balaban J connectivity index is 1.67. The molecule has 3 aromatic heterocycles. The molecule has 0 aliphatic carbocycles. The molecule has 9 rings (SSSR count). The van der Waals surface area contributed by atoms with Crippen LogP contribution < -0.4 is 0 Å². The molecule has 0 aliphatic heterocycles. The van der Waals surface area contributed by atoms with Crippen LogP contribution in [0.2, 0.25) is 0 Å². The number of nitrogens with zero attached hydrogens (tertiary/aromatic N) is 4. The molecule has 0 saturated carbocycles. The summed E-state index contributed by atoms with van der Waals surface area (Å²) in [5, 5.41) is 28.9. The van der Waals surface area contributed by atoms with Crippen LogP contribution in [0.3, 0.4) is 0 Å². The Hall–Kier alpha value is -5.84. The molecule has 4 nitrogen and oxygen atoms in total. The average molecular weight is 507 g/mol. The second kappa shape index (κ2) is 7.38. The summed E-state index contributed by atoms with van der Waals surface area (Å²) in [7, 11) is 0. The second-order valence-electron chi connectivity index (χ2n) is 10.4. The highest BCUT2D eigenvalue weighted by molar-refractivity contribution is 6.36. The van der Waals surface area contributed by atoms with Crippen molar-refractivity contribution < 1.29 is 0 Å². The van der Waals surface area contributed by atoms with Crippen molar-refractivity contribution in [3.05, 3.63) is 120 Å². The van der Waals surface area contributed by atoms with Crippen molar-refractivity contribution in [2.45, 2.75) is 0 Å². The van der Waals surface area contributed by atoms with E-state index in [-0.39, 0.29) is 0 Å². The Kier molecular flexibility index (Phi) is 3.90. The summed E-state index contributed by atoms with van der Waals surface area (Å²) in [5.74, 6) is 0. The number of nitriles is 2. The fourth-order valence-electron chi connectivity index (χ4n) is 6.86. The van der Waals surface area contributed by atoms with Crippen LogP contribution in [0.5, 0.6) is 0 Å². The lowest BCUT2D eigenvalue weighted by Gasteiger charge is -2.09. The summed E-state index contributed by atoms with van der Waals surface area (Å²) < 4.78 is 4.64. The Morgan fingerprint density at radius 2 is 1.18 bits per heavy atom. The number of hydrogen-bond donors (Lipinski definition) is 0. The van der Waals surface area contributed by atoms with E-state index in [4.69, 9.17) is 0 Å². The molecular weight excluding hydrogens is 488 g/mol. The number of rotatable bonds is 1. The maximum Gasteiger partial charge on any atom is 0.0992 e. The smallest absolute Gasteiger partial charge is 0.0992 e. The average Bonchev–Trinajstić information content (AvgIpc) is 3.64. The summed E-state index contributed by atoms with van der Waals surface area (Å²) in [6, 6.07) is 42.4. The molecule has 40 heavy (non-hydrogen) atoms. The monoisotopic (exact) mass is 506 g/mol. The maximum atomic E-state index is 9.78. The van der Waals surface area contributed by atoms with Gasteiger partial charge in [-0.25, -0.2) is 0 Å². The minimum atomic E-state index is 0.615. The Labute approximate surface area is 228 Å². The lowest BCUT2D eigenvalue weighted by Crippen LogP contribution is -1.93. The molecule has 3 heterocycles. The SMILES string of the molecule is N#Cc1ccc2c3cc4c5c6ccccc6ccc5n(-c5ccccc5)c4c4c5ccc(C#N)cc5n(c2c1)c34. The second-order valence-corrected chi connectivity index (χ2v) is 10.4. The first-order chi connectivity index (χ1) is 19.8. The first kappa shape index (κ1) is 21.1. The van der Waals surface area contributed by atoms with Crippen LogP contribution in [0.4, 0.5) is 0 Å². The van der Waals surface area contributed by atoms with Crippen molar-refractivity contribution in [3.63, 3.8) is 0 Å². The number of hydrogen-bond acceptors (Lipinski definition) is 2. The van der Waals surface area contributed by atoms with E-state index >= 15 is 0 Å². The molecule has 0 bridgehead atoms. The van der Waals surface area contributed by atoms with Gasteiger partial charge in [0.2, 0.25) is 0 Å². The van der Waals surface area contributed by atoms with E-state index < -0.39 is 0 Å². The van der Waals surface area contributed by atoms with Gasteiger partial charge in [-0.1, -0.05) is 60.7 Å². The van der Waals surface area contributed by atoms with Crippen molar-refractivity contribution >= 4 is 70.7 Å². The highest BCUT2D eigenvalue weighted by Gasteiger charge is 2.25. The molecule has 0 unspecified atom stereocenters. The lowest BCUT2D eigenvalue weighted by atomic mass is 10.00. The van der Waals surface area contributed by atoms with Crippen LogP contribution in [0.15, 0.2) is 109 Å². The van der Waals surface area contributed by atoms with Gasteiger partial charge in [-0.2, -0.15) is 10.5 Å². The summed E-state index contributed by atoms with van der Waals surface area (Å²) in [4.78, 5) is 0. The van der Waals surface area contributed by atoms with Crippen LogP contribution in [0.25, 0.3) is 76.4 Å². The number of benzene rings is 6. The van der Waals surface area contributed by atoms with Gasteiger partial charge in [0, 0.05) is 38.0 Å². The van der Waals surface area contributed by atoms with E-state index in [0.29, 0.717) is 11.1 Å². The van der Waals surface area contributed by atoms with Gasteiger partial charge in [0.05, 0.1) is 50.8 Å². The van der Waals surface area contributed by atoms with Crippen molar-refractivity contribution in [1.82, 2.24) is 8.97 Å². The van der Waals surface area contributed by atoms with Crippen LogP contribution in [0.1, 0.15) is 11.1 Å². The maximum absolute atomic E-state index is 9.78. The standard InChI is InChI=1S/C36H18N4/c37-19-21-10-13-26-28-18-29-33-25-9-5-4-6-23(25)12-15-30(33)39(24-7-2-1-3-8-24)36(29)34-27-14-11-22(20-38)17-32(27)40(35(28)34)31(26)16-21/h1-18H. The molecule has 0 N–H and O–H groups in total. The van der Waals surface area contributed by atoms with E-state index in [1.54, 1.807) is 0 Å². The fraction of sp³-hybridized carbons (Fsp3) is 0. The third kappa shape index (κ3) is 2.48. The molecule has 0 saturated heterocycles. The normalized spacial score (nSPS) is 11.9. The molecule has 0 spiro atoms. The predicted molar refractivity (Wildman–Crippen MR) is 162 cm³/mol. The quantitative estimate of drug-likeness (QED) is 0.223. The fourth-order valence-corrected chi connectivity index (χ4v) is 6.86. The van der Waals surface area contributed by atoms with Gasteiger partial charge in [-0.3, -0.25) is 0 Å². The number of fused-ring (bicyclic) bond motifs is 12. The van der Waals surface area contributed by atoms with E-state index in [0.717, 1.165) is 54.8 Å². The lowest BCUT2D eigenvalue weighted by molar-refractivity contribution is 1.19. The molecular formula is C36H18N4. The molecule has 0 fully saturated rings. The van der Waals surface area contributed by atoms with Gasteiger partial charge < -0.3 is 8.97 Å². The van der Waals surface area contributed by atoms with Crippen molar-refractivity contribution in [2.75, 3.05) is 0 Å². The van der Waals surface area contributed by atoms with Crippen molar-refractivity contribution in [1.29, 1.82) is 10.5 Å². The predicted octanol–water partition coefficient (Wildman–Crippen LogP) is 8.83. The summed E-state index contributed by atoms with van der Waals surface area (Å²) in [6.07, 6.45) is 0. The summed E-state index contributed by atoms with van der Waals surface area (Å²) >= 11 is 0. The summed E-state index contributed by atoms with van der Waals surface area (Å²) in [6.45, 7) is 0. The van der Waals surface area contributed by atoms with Crippen molar-refractivity contribution in [2.24, 2.45) is 0 Å². The van der Waals surface area contributed by atoms with Gasteiger partial charge >= 0.3 is 0 Å². The van der Waals surface area contributed by atoms with Crippen LogP contribution in [-0.2, 0) is 0 Å². The minimum Gasteiger partial charge on any atom is -0.309 e. The molecule has 0 radical (unpaired) electrons. The Morgan fingerprint density at radius 3 is 1.95 bits per heavy atom. The minimum absolute atomic E-state index is 0.615. The topological polar surface area (TPSA) is 56.9 Å². The number of aromatic nitrogens is 2. The molecule has 182 valence electrons. The largest absolute Gasteiger partial charge is 0.309 e. The highest BCUT2D eigenvalue weighted by atomic mass is 15.0. The van der Waals surface area contributed by atoms with E-state index in [9.17, 15) is 10.5 Å². The molecule has 0 aliphatic rings. The van der Waals surface area contributed by atoms with Gasteiger partial charge in [0.1, 0.15) is 0 Å². The Morgan fingerprint density at radius 1 is 0.475 bits per heavy atom. The van der Waals surface area contributed by atoms with Gasteiger partial charge in [0.25, 0.3) is 0 Å².